The molecule has 0 aliphatic heterocycles. The number of carbonyl (C=O) groups excluding carboxylic acids is 1. The number of benzene rings is 1. The summed E-state index contributed by atoms with van der Waals surface area (Å²) in [6.07, 6.45) is 6.05. The van der Waals surface area contributed by atoms with Crippen LogP contribution < -0.4 is 5.73 Å². The van der Waals surface area contributed by atoms with Gasteiger partial charge in [-0.15, -0.1) is 11.6 Å². The summed E-state index contributed by atoms with van der Waals surface area (Å²) in [5.74, 6) is -0.802. The summed E-state index contributed by atoms with van der Waals surface area (Å²) in [4.78, 5) is 10.2. The Bertz CT molecular complexity index is 538. The summed E-state index contributed by atoms with van der Waals surface area (Å²) >= 11 is 6.48. The molecule has 18 heavy (non-hydrogen) atoms. The van der Waals surface area contributed by atoms with Crippen molar-refractivity contribution in [3.8, 4) is 0 Å². The summed E-state index contributed by atoms with van der Waals surface area (Å²) in [5, 5.41) is 0. The average molecular weight is 266 g/mol. The zero-order valence-corrected chi connectivity index (χ0v) is 10.5. The Morgan fingerprint density at radius 2 is 2.28 bits per heavy atom. The molecule has 1 aromatic carbocycles. The van der Waals surface area contributed by atoms with Crippen molar-refractivity contribution < 1.29 is 9.18 Å². The Balaban J connectivity index is 2.42. The molecule has 0 radical (unpaired) electrons. The third-order valence-corrected chi connectivity index (χ3v) is 3.40. The minimum atomic E-state index is -0.881. The lowest BCUT2D eigenvalue weighted by molar-refractivity contribution is -0.118. The number of rotatable bonds is 3. The largest absolute Gasteiger partial charge is 0.370 e. The van der Waals surface area contributed by atoms with Crippen LogP contribution in [-0.4, -0.2) is 10.8 Å². The topological polar surface area (TPSA) is 43.1 Å². The number of allylic oxidation sites excluding steroid dienone is 4. The first-order valence-corrected chi connectivity index (χ1v) is 5.99. The SMILES string of the molecule is NC(=O)CC1(Cl)CC=CC=C1c1cccc(F)c1. The maximum absolute atomic E-state index is 13.3. The number of carbonyl (C=O) groups is 1. The molecule has 0 heterocycles. The van der Waals surface area contributed by atoms with Gasteiger partial charge in [0.1, 0.15) is 5.82 Å². The second kappa shape index (κ2) is 4.94. The number of amides is 1. The maximum atomic E-state index is 13.3. The van der Waals surface area contributed by atoms with Crippen LogP contribution in [0.3, 0.4) is 0 Å². The molecule has 1 aliphatic carbocycles. The molecule has 2 nitrogen and oxygen atoms in total. The summed E-state index contributed by atoms with van der Waals surface area (Å²) in [7, 11) is 0. The van der Waals surface area contributed by atoms with Gasteiger partial charge in [0.15, 0.2) is 0 Å². The molecule has 4 heteroatoms. The van der Waals surface area contributed by atoms with E-state index in [1.54, 1.807) is 18.2 Å². The van der Waals surface area contributed by atoms with E-state index in [2.05, 4.69) is 0 Å². The van der Waals surface area contributed by atoms with E-state index in [9.17, 15) is 9.18 Å². The first kappa shape index (κ1) is 12.8. The zero-order chi connectivity index (χ0) is 13.2. The Morgan fingerprint density at radius 3 is 2.94 bits per heavy atom. The summed E-state index contributed by atoms with van der Waals surface area (Å²) in [6.45, 7) is 0. The fourth-order valence-electron chi connectivity index (χ4n) is 2.13. The van der Waals surface area contributed by atoms with Crippen LogP contribution in [0.2, 0.25) is 0 Å². The summed E-state index contributed by atoms with van der Waals surface area (Å²) in [6, 6.07) is 6.16. The number of hydrogen-bond acceptors (Lipinski definition) is 1. The third kappa shape index (κ3) is 2.62. The monoisotopic (exact) mass is 265 g/mol. The van der Waals surface area contributed by atoms with E-state index in [0.717, 1.165) is 5.57 Å². The van der Waals surface area contributed by atoms with Crippen molar-refractivity contribution in [1.29, 1.82) is 0 Å². The van der Waals surface area contributed by atoms with Crippen molar-refractivity contribution in [2.24, 2.45) is 5.73 Å². The number of primary amides is 1. The molecule has 94 valence electrons. The minimum absolute atomic E-state index is 0.0290. The van der Waals surface area contributed by atoms with Crippen LogP contribution in [0.4, 0.5) is 4.39 Å². The standard InChI is InChI=1S/C14H13ClFNO/c15-14(9-13(17)18)7-2-1-6-12(14)10-4-3-5-11(16)8-10/h1-6,8H,7,9H2,(H2,17,18). The van der Waals surface area contributed by atoms with Crippen molar-refractivity contribution in [3.05, 3.63) is 53.9 Å². The van der Waals surface area contributed by atoms with Crippen molar-refractivity contribution in [2.75, 3.05) is 0 Å². The van der Waals surface area contributed by atoms with Crippen molar-refractivity contribution in [1.82, 2.24) is 0 Å². The van der Waals surface area contributed by atoms with Crippen LogP contribution in [0.15, 0.2) is 42.5 Å². The van der Waals surface area contributed by atoms with Crippen LogP contribution >= 0.6 is 11.6 Å². The van der Waals surface area contributed by atoms with Gasteiger partial charge < -0.3 is 5.73 Å². The molecule has 0 fully saturated rings. The predicted molar refractivity (Wildman–Crippen MR) is 70.5 cm³/mol. The number of nitrogens with two attached hydrogens (primary N) is 1. The fraction of sp³-hybridized carbons (Fsp3) is 0.214. The van der Waals surface area contributed by atoms with Crippen LogP contribution in [0.25, 0.3) is 5.57 Å². The molecule has 2 N–H and O–H groups in total. The molecule has 1 amide bonds. The van der Waals surface area contributed by atoms with Gasteiger partial charge in [0.05, 0.1) is 4.87 Å². The molecule has 0 spiro atoms. The van der Waals surface area contributed by atoms with Crippen LogP contribution in [-0.2, 0) is 4.79 Å². The highest BCUT2D eigenvalue weighted by Crippen LogP contribution is 2.41. The Morgan fingerprint density at radius 1 is 1.50 bits per heavy atom. The van der Waals surface area contributed by atoms with Gasteiger partial charge >= 0.3 is 0 Å². The van der Waals surface area contributed by atoms with Crippen molar-refractivity contribution in [2.45, 2.75) is 17.7 Å². The van der Waals surface area contributed by atoms with Crippen LogP contribution in [0.5, 0.6) is 0 Å². The first-order chi connectivity index (χ1) is 8.51. The van der Waals surface area contributed by atoms with Gasteiger partial charge in [-0.05, 0) is 29.7 Å². The van der Waals surface area contributed by atoms with Gasteiger partial charge in [-0.3, -0.25) is 4.79 Å². The van der Waals surface area contributed by atoms with Crippen LogP contribution in [0, 0.1) is 5.82 Å². The minimum Gasteiger partial charge on any atom is -0.370 e. The molecular formula is C14H13ClFNO. The van der Waals surface area contributed by atoms with E-state index >= 15 is 0 Å². The second-order valence-corrected chi connectivity index (χ2v) is 5.05. The van der Waals surface area contributed by atoms with E-state index in [0.29, 0.717) is 12.0 Å². The van der Waals surface area contributed by atoms with Gasteiger partial charge in [0, 0.05) is 6.42 Å². The smallest absolute Gasteiger partial charge is 0.219 e. The average Bonchev–Trinajstić information content (AvgIpc) is 2.27. The first-order valence-electron chi connectivity index (χ1n) is 5.62. The highest BCUT2D eigenvalue weighted by Gasteiger charge is 2.34. The van der Waals surface area contributed by atoms with Gasteiger partial charge in [0.25, 0.3) is 0 Å². The van der Waals surface area contributed by atoms with E-state index in [1.165, 1.54) is 12.1 Å². The van der Waals surface area contributed by atoms with E-state index in [-0.39, 0.29) is 12.2 Å². The Labute approximate surface area is 110 Å². The normalized spacial score (nSPS) is 22.7. The molecule has 1 aromatic rings. The number of alkyl halides is 1. The molecule has 0 saturated heterocycles. The number of hydrogen-bond donors (Lipinski definition) is 1. The van der Waals surface area contributed by atoms with E-state index < -0.39 is 10.8 Å². The van der Waals surface area contributed by atoms with E-state index in [4.69, 9.17) is 17.3 Å². The van der Waals surface area contributed by atoms with Gasteiger partial charge in [-0.25, -0.2) is 4.39 Å². The Kier molecular flexibility index (Phi) is 3.53. The lowest BCUT2D eigenvalue weighted by Gasteiger charge is -2.30. The molecule has 0 saturated carbocycles. The highest BCUT2D eigenvalue weighted by molar-refractivity contribution is 6.31. The summed E-state index contributed by atoms with van der Waals surface area (Å²) in [5.41, 5.74) is 6.63. The fourth-order valence-corrected chi connectivity index (χ4v) is 2.53. The molecule has 0 aromatic heterocycles. The quantitative estimate of drug-likeness (QED) is 0.839. The molecule has 2 rings (SSSR count). The molecule has 1 unspecified atom stereocenters. The number of halogens is 2. The third-order valence-electron chi connectivity index (χ3n) is 2.91. The van der Waals surface area contributed by atoms with Gasteiger partial charge in [0.2, 0.25) is 5.91 Å². The van der Waals surface area contributed by atoms with E-state index in [1.807, 2.05) is 12.2 Å². The van der Waals surface area contributed by atoms with Crippen molar-refractivity contribution >= 4 is 23.1 Å². The molecule has 1 atom stereocenters. The van der Waals surface area contributed by atoms with Gasteiger partial charge in [-0.2, -0.15) is 0 Å². The highest BCUT2D eigenvalue weighted by atomic mass is 35.5. The molecule has 1 aliphatic rings. The Hall–Kier alpha value is -1.61. The molecule has 0 bridgehead atoms. The summed E-state index contributed by atoms with van der Waals surface area (Å²) < 4.78 is 13.3. The predicted octanol–water partition coefficient (Wildman–Crippen LogP) is 3.02. The van der Waals surface area contributed by atoms with Gasteiger partial charge in [-0.1, -0.05) is 30.4 Å². The lowest BCUT2D eigenvalue weighted by Crippen LogP contribution is -2.31. The van der Waals surface area contributed by atoms with Crippen LogP contribution in [0.1, 0.15) is 18.4 Å². The van der Waals surface area contributed by atoms with Crippen molar-refractivity contribution in [3.63, 3.8) is 0 Å². The maximum Gasteiger partial charge on any atom is 0.219 e. The zero-order valence-electron chi connectivity index (χ0n) is 9.70. The lowest BCUT2D eigenvalue weighted by atomic mass is 9.83. The molecular weight excluding hydrogens is 253 g/mol. The second-order valence-electron chi connectivity index (χ2n) is 4.33.